The lowest BCUT2D eigenvalue weighted by atomic mass is 10.1. The minimum atomic E-state index is 0.533. The molecule has 0 aliphatic heterocycles. The second-order valence-corrected chi connectivity index (χ2v) is 4.62. The third-order valence-electron chi connectivity index (χ3n) is 3.21. The molecule has 0 aliphatic rings. The average molecular weight is 259 g/mol. The van der Waals surface area contributed by atoms with Crippen LogP contribution in [0.2, 0.25) is 0 Å². The Kier molecular flexibility index (Phi) is 5.03. The van der Waals surface area contributed by atoms with E-state index in [1.165, 1.54) is 12.8 Å². The Balaban J connectivity index is 2.04. The number of aromatic nitrogens is 4. The van der Waals surface area contributed by atoms with Gasteiger partial charge in [-0.15, -0.1) is 5.10 Å². The molecule has 2 aromatic rings. The van der Waals surface area contributed by atoms with Crippen LogP contribution in [0.5, 0.6) is 0 Å². The minimum Gasteiger partial charge on any atom is -0.307 e. The third kappa shape index (κ3) is 3.61. The van der Waals surface area contributed by atoms with Crippen molar-refractivity contribution in [2.75, 3.05) is 0 Å². The maximum Gasteiger partial charge on any atom is 0.170 e. The zero-order valence-corrected chi connectivity index (χ0v) is 11.6. The first kappa shape index (κ1) is 13.7. The Bertz CT molecular complexity index is 480. The molecule has 1 unspecified atom stereocenters. The zero-order valence-electron chi connectivity index (χ0n) is 11.6. The largest absolute Gasteiger partial charge is 0.307 e. The van der Waals surface area contributed by atoms with E-state index in [0.717, 1.165) is 17.9 Å². The van der Waals surface area contributed by atoms with Gasteiger partial charge in [0, 0.05) is 6.04 Å². The second-order valence-electron chi connectivity index (χ2n) is 4.62. The Morgan fingerprint density at radius 3 is 2.68 bits per heavy atom. The summed E-state index contributed by atoms with van der Waals surface area (Å²) in [5, 5.41) is 15.4. The molecule has 0 saturated heterocycles. The molecule has 1 N–H and O–H groups in total. The number of nitrogens with one attached hydrogen (secondary N) is 1. The number of nitrogens with zero attached hydrogens (tertiary/aromatic N) is 4. The van der Waals surface area contributed by atoms with E-state index in [1.54, 1.807) is 4.68 Å². The normalized spacial score (nSPS) is 12.5. The molecule has 0 fully saturated rings. The summed E-state index contributed by atoms with van der Waals surface area (Å²) >= 11 is 0. The highest BCUT2D eigenvalue weighted by Crippen LogP contribution is 2.08. The van der Waals surface area contributed by atoms with E-state index < -0.39 is 0 Å². The van der Waals surface area contributed by atoms with Gasteiger partial charge >= 0.3 is 0 Å². The van der Waals surface area contributed by atoms with Crippen LogP contribution in [0.15, 0.2) is 30.3 Å². The van der Waals surface area contributed by atoms with Crippen molar-refractivity contribution in [3.8, 4) is 5.69 Å². The van der Waals surface area contributed by atoms with Crippen LogP contribution in [-0.2, 0) is 6.54 Å². The van der Waals surface area contributed by atoms with Gasteiger partial charge in [0.25, 0.3) is 0 Å². The summed E-state index contributed by atoms with van der Waals surface area (Å²) < 4.78 is 1.78. The van der Waals surface area contributed by atoms with E-state index in [9.17, 15) is 0 Å². The molecule has 2 rings (SSSR count). The van der Waals surface area contributed by atoms with Crippen molar-refractivity contribution in [1.29, 1.82) is 0 Å². The maximum absolute atomic E-state index is 4.10. The molecule has 0 saturated carbocycles. The first-order valence-electron chi connectivity index (χ1n) is 6.91. The summed E-state index contributed by atoms with van der Waals surface area (Å²) in [6, 6.07) is 10.5. The molecule has 0 bridgehead atoms. The molecule has 5 heteroatoms. The van der Waals surface area contributed by atoms with Crippen molar-refractivity contribution in [3.05, 3.63) is 36.2 Å². The quantitative estimate of drug-likeness (QED) is 0.829. The molecule has 1 aromatic carbocycles. The molecule has 0 spiro atoms. The van der Waals surface area contributed by atoms with Gasteiger partial charge in [-0.05, 0) is 35.4 Å². The monoisotopic (exact) mass is 259 g/mol. The van der Waals surface area contributed by atoms with Crippen molar-refractivity contribution in [1.82, 2.24) is 25.5 Å². The van der Waals surface area contributed by atoms with Crippen LogP contribution in [0.4, 0.5) is 0 Å². The van der Waals surface area contributed by atoms with E-state index in [0.29, 0.717) is 12.6 Å². The molecule has 1 atom stereocenters. The highest BCUT2D eigenvalue weighted by molar-refractivity contribution is 5.30. The number of hydrogen-bond acceptors (Lipinski definition) is 4. The number of tetrazole rings is 1. The summed E-state index contributed by atoms with van der Waals surface area (Å²) in [6.07, 6.45) is 3.50. The summed E-state index contributed by atoms with van der Waals surface area (Å²) in [5.41, 5.74) is 0.993. The van der Waals surface area contributed by atoms with Gasteiger partial charge in [0.05, 0.1) is 12.2 Å². The number of hydrogen-bond donors (Lipinski definition) is 1. The fourth-order valence-corrected chi connectivity index (χ4v) is 2.12. The van der Waals surface area contributed by atoms with E-state index in [4.69, 9.17) is 0 Å². The van der Waals surface area contributed by atoms with Crippen molar-refractivity contribution in [2.45, 2.75) is 45.7 Å². The maximum atomic E-state index is 4.10. The first-order chi connectivity index (χ1) is 9.35. The topological polar surface area (TPSA) is 55.6 Å². The molecule has 1 aromatic heterocycles. The standard InChI is InChI=1S/C14H21N5/c1-3-8-12(4-2)15-11-14-16-17-18-19(14)13-9-6-5-7-10-13/h5-7,9-10,12,15H,3-4,8,11H2,1-2H3. The highest BCUT2D eigenvalue weighted by Gasteiger charge is 2.10. The smallest absolute Gasteiger partial charge is 0.170 e. The Hall–Kier alpha value is -1.75. The van der Waals surface area contributed by atoms with Gasteiger partial charge in [-0.25, -0.2) is 0 Å². The van der Waals surface area contributed by atoms with Crippen LogP contribution < -0.4 is 5.32 Å². The van der Waals surface area contributed by atoms with Gasteiger partial charge in [-0.2, -0.15) is 4.68 Å². The van der Waals surface area contributed by atoms with Gasteiger partial charge in [0.2, 0.25) is 0 Å². The minimum absolute atomic E-state index is 0.533. The summed E-state index contributed by atoms with van der Waals surface area (Å²) in [6.45, 7) is 5.10. The molecule has 0 radical (unpaired) electrons. The molecular weight excluding hydrogens is 238 g/mol. The predicted octanol–water partition coefficient (Wildman–Crippen LogP) is 2.33. The van der Waals surface area contributed by atoms with E-state index >= 15 is 0 Å². The van der Waals surface area contributed by atoms with Crippen molar-refractivity contribution >= 4 is 0 Å². The van der Waals surface area contributed by atoms with Crippen LogP contribution in [0.1, 0.15) is 38.9 Å². The van der Waals surface area contributed by atoms with Gasteiger partial charge in [-0.3, -0.25) is 0 Å². The zero-order chi connectivity index (χ0) is 13.5. The average Bonchev–Trinajstić information content (AvgIpc) is 2.93. The van der Waals surface area contributed by atoms with Crippen LogP contribution in [0.3, 0.4) is 0 Å². The van der Waals surface area contributed by atoms with Crippen LogP contribution in [0, 0.1) is 0 Å². The Morgan fingerprint density at radius 2 is 2.00 bits per heavy atom. The molecule has 102 valence electrons. The van der Waals surface area contributed by atoms with Crippen molar-refractivity contribution < 1.29 is 0 Å². The summed E-state index contributed by atoms with van der Waals surface area (Å²) in [4.78, 5) is 0. The second kappa shape index (κ2) is 6.99. The number of para-hydroxylation sites is 1. The van der Waals surface area contributed by atoms with Gasteiger partial charge < -0.3 is 5.32 Å². The fourth-order valence-electron chi connectivity index (χ4n) is 2.12. The lowest BCUT2D eigenvalue weighted by Gasteiger charge is -2.15. The molecule has 5 nitrogen and oxygen atoms in total. The first-order valence-corrected chi connectivity index (χ1v) is 6.91. The Labute approximate surface area is 114 Å². The van der Waals surface area contributed by atoms with E-state index in [2.05, 4.69) is 34.7 Å². The lowest BCUT2D eigenvalue weighted by molar-refractivity contribution is 0.453. The van der Waals surface area contributed by atoms with Crippen LogP contribution in [-0.4, -0.2) is 26.2 Å². The van der Waals surface area contributed by atoms with E-state index in [1.807, 2.05) is 30.3 Å². The predicted molar refractivity (Wildman–Crippen MR) is 75.0 cm³/mol. The van der Waals surface area contributed by atoms with Gasteiger partial charge in [-0.1, -0.05) is 38.5 Å². The van der Waals surface area contributed by atoms with Crippen molar-refractivity contribution in [2.24, 2.45) is 0 Å². The summed E-state index contributed by atoms with van der Waals surface area (Å²) in [5.74, 6) is 0.848. The van der Waals surface area contributed by atoms with Crippen LogP contribution in [0.25, 0.3) is 5.69 Å². The third-order valence-corrected chi connectivity index (χ3v) is 3.21. The van der Waals surface area contributed by atoms with Crippen LogP contribution >= 0.6 is 0 Å². The SMILES string of the molecule is CCCC(CC)NCc1nnnn1-c1ccccc1. The molecule has 19 heavy (non-hydrogen) atoms. The van der Waals surface area contributed by atoms with Gasteiger partial charge in [0.1, 0.15) is 0 Å². The molecule has 1 heterocycles. The Morgan fingerprint density at radius 1 is 1.21 bits per heavy atom. The van der Waals surface area contributed by atoms with E-state index in [-0.39, 0.29) is 0 Å². The molecule has 0 aliphatic carbocycles. The summed E-state index contributed by atoms with van der Waals surface area (Å²) in [7, 11) is 0. The molecule has 0 amide bonds. The van der Waals surface area contributed by atoms with Gasteiger partial charge in [0.15, 0.2) is 5.82 Å². The number of benzene rings is 1. The lowest BCUT2D eigenvalue weighted by Crippen LogP contribution is -2.29. The molecular formula is C14H21N5. The fraction of sp³-hybridized carbons (Fsp3) is 0.500. The number of rotatable bonds is 7. The van der Waals surface area contributed by atoms with Crippen molar-refractivity contribution in [3.63, 3.8) is 0 Å². The highest BCUT2D eigenvalue weighted by atomic mass is 15.5.